The lowest BCUT2D eigenvalue weighted by molar-refractivity contribution is -0.118. The van der Waals surface area contributed by atoms with Crippen molar-refractivity contribution in [1.82, 2.24) is 4.98 Å². The molecule has 0 saturated heterocycles. The Labute approximate surface area is 169 Å². The second kappa shape index (κ2) is 8.89. The number of rotatable bonds is 7. The molecule has 6 heteroatoms. The number of aromatic nitrogens is 1. The van der Waals surface area contributed by atoms with Gasteiger partial charge in [-0.2, -0.15) is 0 Å². The molecule has 3 aromatic rings. The van der Waals surface area contributed by atoms with Gasteiger partial charge in [0, 0.05) is 10.9 Å². The van der Waals surface area contributed by atoms with Crippen molar-refractivity contribution in [3.8, 4) is 22.8 Å². The van der Waals surface area contributed by atoms with E-state index in [9.17, 15) is 4.79 Å². The van der Waals surface area contributed by atoms with Gasteiger partial charge in [0.15, 0.2) is 23.2 Å². The number of hydrogen-bond donors (Lipinski definition) is 1. The van der Waals surface area contributed by atoms with Crippen LogP contribution in [0.25, 0.3) is 11.3 Å². The van der Waals surface area contributed by atoms with E-state index < -0.39 is 0 Å². The zero-order valence-corrected chi connectivity index (χ0v) is 17.4. The molecule has 1 N–H and O–H groups in total. The van der Waals surface area contributed by atoms with Crippen LogP contribution in [0, 0.1) is 20.8 Å². The van der Waals surface area contributed by atoms with Gasteiger partial charge in [0.05, 0.1) is 12.3 Å². The van der Waals surface area contributed by atoms with Crippen LogP contribution in [0.2, 0.25) is 0 Å². The van der Waals surface area contributed by atoms with Gasteiger partial charge in [-0.3, -0.25) is 10.1 Å². The van der Waals surface area contributed by atoms with E-state index in [1.165, 1.54) is 28.0 Å². The minimum atomic E-state index is -0.260. The van der Waals surface area contributed by atoms with E-state index in [0.29, 0.717) is 23.2 Å². The molecular weight excluding hydrogens is 372 g/mol. The number of para-hydroxylation sites is 2. The van der Waals surface area contributed by atoms with Gasteiger partial charge in [-0.1, -0.05) is 29.8 Å². The summed E-state index contributed by atoms with van der Waals surface area (Å²) in [4.78, 5) is 16.8. The monoisotopic (exact) mass is 396 g/mol. The highest BCUT2D eigenvalue weighted by atomic mass is 32.1. The van der Waals surface area contributed by atoms with Crippen LogP contribution in [0.5, 0.6) is 11.5 Å². The lowest BCUT2D eigenvalue weighted by atomic mass is 9.98. The normalized spacial score (nSPS) is 10.6. The number of amides is 1. The van der Waals surface area contributed by atoms with Crippen molar-refractivity contribution in [3.63, 3.8) is 0 Å². The molecular formula is C22H24N2O3S. The summed E-state index contributed by atoms with van der Waals surface area (Å²) < 4.78 is 11.1. The largest absolute Gasteiger partial charge is 0.490 e. The predicted octanol–water partition coefficient (Wildman–Crippen LogP) is 5.15. The van der Waals surface area contributed by atoms with E-state index in [1.54, 1.807) is 6.07 Å². The molecule has 0 spiro atoms. The minimum Gasteiger partial charge on any atom is -0.490 e. The van der Waals surface area contributed by atoms with E-state index in [2.05, 4.69) is 43.2 Å². The molecule has 0 atom stereocenters. The molecule has 0 radical (unpaired) electrons. The van der Waals surface area contributed by atoms with Crippen molar-refractivity contribution in [1.29, 1.82) is 0 Å². The Bertz CT molecular complexity index is 958. The molecule has 2 aromatic carbocycles. The van der Waals surface area contributed by atoms with Crippen molar-refractivity contribution in [3.05, 3.63) is 58.5 Å². The number of carbonyl (C=O) groups is 1. The highest BCUT2D eigenvalue weighted by molar-refractivity contribution is 7.14. The van der Waals surface area contributed by atoms with Gasteiger partial charge in [-0.05, 0) is 51.0 Å². The zero-order chi connectivity index (χ0) is 20.1. The summed E-state index contributed by atoms with van der Waals surface area (Å²) in [5.41, 5.74) is 5.57. The molecule has 146 valence electrons. The number of anilines is 1. The van der Waals surface area contributed by atoms with Crippen LogP contribution in [0.4, 0.5) is 5.13 Å². The van der Waals surface area contributed by atoms with Crippen LogP contribution < -0.4 is 14.8 Å². The molecule has 0 aliphatic heterocycles. The third-order valence-electron chi connectivity index (χ3n) is 4.19. The van der Waals surface area contributed by atoms with Crippen molar-refractivity contribution >= 4 is 22.4 Å². The maximum Gasteiger partial charge on any atom is 0.264 e. The Morgan fingerprint density at radius 2 is 1.71 bits per heavy atom. The van der Waals surface area contributed by atoms with Crippen molar-refractivity contribution in [2.75, 3.05) is 18.5 Å². The first kappa shape index (κ1) is 19.9. The Balaban J connectivity index is 1.65. The van der Waals surface area contributed by atoms with Gasteiger partial charge in [0.2, 0.25) is 0 Å². The predicted molar refractivity (Wildman–Crippen MR) is 113 cm³/mol. The summed E-state index contributed by atoms with van der Waals surface area (Å²) in [6.45, 7) is 8.57. The lowest BCUT2D eigenvalue weighted by Gasteiger charge is -2.11. The fraction of sp³-hybridized carbons (Fsp3) is 0.273. The van der Waals surface area contributed by atoms with Gasteiger partial charge in [0.1, 0.15) is 0 Å². The molecule has 28 heavy (non-hydrogen) atoms. The summed E-state index contributed by atoms with van der Waals surface area (Å²) in [6, 6.07) is 11.6. The van der Waals surface area contributed by atoms with Crippen molar-refractivity contribution in [2.45, 2.75) is 27.7 Å². The Hall–Kier alpha value is -2.86. The molecule has 0 bridgehead atoms. The van der Waals surface area contributed by atoms with Crippen LogP contribution >= 0.6 is 11.3 Å². The highest BCUT2D eigenvalue weighted by Gasteiger charge is 2.13. The Morgan fingerprint density at radius 3 is 2.36 bits per heavy atom. The van der Waals surface area contributed by atoms with Crippen LogP contribution in [-0.2, 0) is 4.79 Å². The SMILES string of the molecule is CCOc1ccccc1OCC(=O)Nc1nc(-c2c(C)cc(C)cc2C)cs1. The number of aryl methyl sites for hydroxylation is 3. The van der Waals surface area contributed by atoms with Gasteiger partial charge < -0.3 is 9.47 Å². The number of hydrogen-bond acceptors (Lipinski definition) is 5. The minimum absolute atomic E-state index is 0.110. The topological polar surface area (TPSA) is 60.5 Å². The fourth-order valence-corrected chi connectivity index (χ4v) is 3.89. The fourth-order valence-electron chi connectivity index (χ4n) is 3.17. The molecule has 0 aliphatic carbocycles. The third-order valence-corrected chi connectivity index (χ3v) is 4.95. The smallest absolute Gasteiger partial charge is 0.264 e. The van der Waals surface area contributed by atoms with E-state index >= 15 is 0 Å². The summed E-state index contributed by atoms with van der Waals surface area (Å²) >= 11 is 1.40. The second-order valence-corrected chi connectivity index (χ2v) is 7.39. The van der Waals surface area contributed by atoms with Crippen molar-refractivity contribution in [2.24, 2.45) is 0 Å². The number of carbonyl (C=O) groups excluding carboxylic acids is 1. The standard InChI is InChI=1S/C22H24N2O3S/c1-5-26-18-8-6-7-9-19(18)27-12-20(25)24-22-23-17(13-28-22)21-15(3)10-14(2)11-16(21)4/h6-11,13H,5,12H2,1-4H3,(H,23,24,25). The maximum absolute atomic E-state index is 12.3. The second-order valence-electron chi connectivity index (χ2n) is 6.53. The average molecular weight is 397 g/mol. The molecule has 5 nitrogen and oxygen atoms in total. The average Bonchev–Trinajstić information content (AvgIpc) is 3.08. The third kappa shape index (κ3) is 4.70. The van der Waals surface area contributed by atoms with Gasteiger partial charge in [-0.25, -0.2) is 4.98 Å². The number of thiazole rings is 1. The molecule has 3 rings (SSSR count). The van der Waals surface area contributed by atoms with E-state index in [0.717, 1.165) is 11.3 Å². The first-order valence-corrected chi connectivity index (χ1v) is 10.0. The first-order valence-electron chi connectivity index (χ1n) is 9.16. The Morgan fingerprint density at radius 1 is 1.07 bits per heavy atom. The Kier molecular flexibility index (Phi) is 6.31. The highest BCUT2D eigenvalue weighted by Crippen LogP contribution is 2.31. The maximum atomic E-state index is 12.3. The number of ether oxygens (including phenoxy) is 2. The summed E-state index contributed by atoms with van der Waals surface area (Å²) in [5, 5.41) is 5.33. The van der Waals surface area contributed by atoms with Gasteiger partial charge in [0.25, 0.3) is 5.91 Å². The molecule has 1 amide bonds. The van der Waals surface area contributed by atoms with E-state index in [-0.39, 0.29) is 12.5 Å². The zero-order valence-electron chi connectivity index (χ0n) is 16.5. The van der Waals surface area contributed by atoms with Gasteiger partial charge in [-0.15, -0.1) is 11.3 Å². The molecule has 0 unspecified atom stereocenters. The quantitative estimate of drug-likeness (QED) is 0.600. The lowest BCUT2D eigenvalue weighted by Crippen LogP contribution is -2.20. The van der Waals surface area contributed by atoms with E-state index in [4.69, 9.17) is 9.47 Å². The van der Waals surface area contributed by atoms with Crippen LogP contribution in [0.3, 0.4) is 0 Å². The van der Waals surface area contributed by atoms with Crippen molar-refractivity contribution < 1.29 is 14.3 Å². The number of nitrogens with one attached hydrogen (secondary N) is 1. The molecule has 1 aromatic heterocycles. The molecule has 1 heterocycles. The molecule has 0 saturated carbocycles. The van der Waals surface area contributed by atoms with Gasteiger partial charge >= 0.3 is 0 Å². The van der Waals surface area contributed by atoms with Crippen LogP contribution in [-0.4, -0.2) is 24.1 Å². The molecule has 0 aliphatic rings. The van der Waals surface area contributed by atoms with Crippen LogP contribution in [0.1, 0.15) is 23.6 Å². The summed E-state index contributed by atoms with van der Waals surface area (Å²) in [7, 11) is 0. The first-order chi connectivity index (χ1) is 13.5. The van der Waals surface area contributed by atoms with E-state index in [1.807, 2.05) is 30.5 Å². The van der Waals surface area contributed by atoms with Crippen LogP contribution in [0.15, 0.2) is 41.8 Å². The number of nitrogens with zero attached hydrogens (tertiary/aromatic N) is 1. The summed E-state index contributed by atoms with van der Waals surface area (Å²) in [5.74, 6) is 0.912. The summed E-state index contributed by atoms with van der Waals surface area (Å²) in [6.07, 6.45) is 0. The number of benzene rings is 2. The molecule has 0 fully saturated rings.